The molecule has 0 aliphatic carbocycles. The first-order chi connectivity index (χ1) is 14.9. The predicted molar refractivity (Wildman–Crippen MR) is 125 cm³/mol. The molecule has 0 spiro atoms. The molecular formula is C22H28N2O5S2. The third-order valence-electron chi connectivity index (χ3n) is 4.86. The number of hydrogen-bond acceptors (Lipinski definition) is 7. The van der Waals surface area contributed by atoms with Crippen LogP contribution in [0.4, 0.5) is 0 Å². The lowest BCUT2D eigenvalue weighted by Crippen LogP contribution is -2.26. The Labute approximate surface area is 186 Å². The summed E-state index contributed by atoms with van der Waals surface area (Å²) in [7, 11) is -3.13. The van der Waals surface area contributed by atoms with Crippen LogP contribution >= 0.6 is 11.3 Å². The zero-order valence-corrected chi connectivity index (χ0v) is 18.9. The number of phenols is 1. The van der Waals surface area contributed by atoms with Crippen molar-refractivity contribution in [1.82, 2.24) is 10.3 Å². The summed E-state index contributed by atoms with van der Waals surface area (Å²) in [5, 5.41) is 12.9. The smallest absolute Gasteiger partial charge is 0.305 e. The predicted octanol–water partition coefficient (Wildman–Crippen LogP) is 2.49. The summed E-state index contributed by atoms with van der Waals surface area (Å²) in [4.78, 5) is 14.1. The number of benzene rings is 2. The lowest BCUT2D eigenvalue weighted by molar-refractivity contribution is 0.138. The molecular weight excluding hydrogens is 436 g/mol. The van der Waals surface area contributed by atoms with E-state index in [1.165, 1.54) is 11.6 Å². The highest BCUT2D eigenvalue weighted by Crippen LogP contribution is 2.25. The maximum absolute atomic E-state index is 12.2. The molecule has 1 aromatic heterocycles. The van der Waals surface area contributed by atoms with Gasteiger partial charge in [-0.15, -0.1) is 0 Å². The summed E-state index contributed by atoms with van der Waals surface area (Å²) in [5.74, 6) is 0.291. The standard InChI is InChI=1S/C22H28N2O5S2/c25-19-15-18(21-20(16-19)24-22(26)30-21)7-9-23-10-14-31(27,28)13-4-11-29-12-8-17-5-2-1-3-6-17/h1-3,5-6,15-16,23,25H,4,7-14H2,(H,24,26). The molecule has 0 aliphatic rings. The van der Waals surface area contributed by atoms with E-state index in [4.69, 9.17) is 4.74 Å². The van der Waals surface area contributed by atoms with Crippen LogP contribution in [0.3, 0.4) is 0 Å². The molecule has 3 aromatic rings. The normalized spacial score (nSPS) is 11.9. The Bertz CT molecular complexity index is 1120. The number of hydrogen-bond donors (Lipinski definition) is 3. The lowest BCUT2D eigenvalue weighted by Gasteiger charge is -2.08. The molecule has 1 heterocycles. The Morgan fingerprint density at radius 2 is 1.84 bits per heavy atom. The molecule has 0 saturated carbocycles. The number of aromatic amines is 1. The molecule has 0 aliphatic heterocycles. The quantitative estimate of drug-likeness (QED) is 0.336. The summed E-state index contributed by atoms with van der Waals surface area (Å²) >= 11 is 1.11. The molecule has 3 N–H and O–H groups in total. The molecule has 3 rings (SSSR count). The number of rotatable bonds is 13. The first kappa shape index (κ1) is 23.5. The fraction of sp³-hybridized carbons (Fsp3) is 0.409. The minimum absolute atomic E-state index is 0.0734. The molecule has 0 radical (unpaired) electrons. The van der Waals surface area contributed by atoms with Gasteiger partial charge in [0.1, 0.15) is 5.75 Å². The number of thiazole rings is 1. The van der Waals surface area contributed by atoms with Gasteiger partial charge < -0.3 is 20.1 Å². The molecule has 0 amide bonds. The number of phenolic OH excluding ortho intramolecular Hbond substituents is 1. The zero-order valence-electron chi connectivity index (χ0n) is 17.3. The fourth-order valence-electron chi connectivity index (χ4n) is 3.29. The van der Waals surface area contributed by atoms with Crippen molar-refractivity contribution in [3.05, 3.63) is 63.3 Å². The highest BCUT2D eigenvalue weighted by atomic mass is 32.2. The van der Waals surface area contributed by atoms with Crippen molar-refractivity contribution in [1.29, 1.82) is 0 Å². The zero-order chi connectivity index (χ0) is 22.1. The first-order valence-corrected chi connectivity index (χ1v) is 12.9. The largest absolute Gasteiger partial charge is 0.508 e. The summed E-state index contributed by atoms with van der Waals surface area (Å²) < 4.78 is 30.7. The van der Waals surface area contributed by atoms with Crippen LogP contribution in [0.1, 0.15) is 17.5 Å². The van der Waals surface area contributed by atoms with E-state index in [1.807, 2.05) is 30.3 Å². The molecule has 0 saturated heterocycles. The van der Waals surface area contributed by atoms with Gasteiger partial charge in [0, 0.05) is 19.2 Å². The molecule has 0 unspecified atom stereocenters. The molecule has 0 atom stereocenters. The van der Waals surface area contributed by atoms with E-state index in [9.17, 15) is 18.3 Å². The van der Waals surface area contributed by atoms with E-state index in [0.29, 0.717) is 44.7 Å². The maximum atomic E-state index is 12.2. The van der Waals surface area contributed by atoms with E-state index in [0.717, 1.165) is 28.0 Å². The second kappa shape index (κ2) is 11.4. The summed E-state index contributed by atoms with van der Waals surface area (Å²) in [6.07, 6.45) is 1.90. The highest BCUT2D eigenvalue weighted by Gasteiger charge is 2.11. The first-order valence-electron chi connectivity index (χ1n) is 10.3. The SMILES string of the molecule is O=c1[nH]c2cc(O)cc(CCNCCS(=O)(=O)CCCOCCc3ccccc3)c2s1. The van der Waals surface area contributed by atoms with Gasteiger partial charge in [0.25, 0.3) is 0 Å². The molecule has 0 fully saturated rings. The van der Waals surface area contributed by atoms with Gasteiger partial charge in [-0.1, -0.05) is 41.7 Å². The minimum atomic E-state index is -3.13. The molecule has 168 valence electrons. The van der Waals surface area contributed by atoms with Crippen molar-refractivity contribution in [3.8, 4) is 5.75 Å². The van der Waals surface area contributed by atoms with Gasteiger partial charge in [-0.2, -0.15) is 0 Å². The van der Waals surface area contributed by atoms with Crippen molar-refractivity contribution < 1.29 is 18.3 Å². The van der Waals surface area contributed by atoms with Crippen molar-refractivity contribution >= 4 is 31.4 Å². The number of nitrogens with one attached hydrogen (secondary N) is 2. The second-order valence-electron chi connectivity index (χ2n) is 7.35. The van der Waals surface area contributed by atoms with Gasteiger partial charge >= 0.3 is 4.87 Å². The number of sulfone groups is 1. The van der Waals surface area contributed by atoms with Gasteiger partial charge in [-0.25, -0.2) is 8.42 Å². The van der Waals surface area contributed by atoms with Crippen LogP contribution in [0.15, 0.2) is 47.3 Å². The Hall–Kier alpha value is -2.20. The Morgan fingerprint density at radius 1 is 1.03 bits per heavy atom. The minimum Gasteiger partial charge on any atom is -0.508 e. The van der Waals surface area contributed by atoms with Gasteiger partial charge in [0.2, 0.25) is 0 Å². The van der Waals surface area contributed by atoms with Crippen LogP contribution in [0, 0.1) is 0 Å². The maximum Gasteiger partial charge on any atom is 0.305 e. The van der Waals surface area contributed by atoms with E-state index in [2.05, 4.69) is 10.3 Å². The number of H-pyrrole nitrogens is 1. The lowest BCUT2D eigenvalue weighted by atomic mass is 10.1. The number of ether oxygens (including phenoxy) is 1. The Balaban J connectivity index is 1.30. The van der Waals surface area contributed by atoms with Gasteiger partial charge in [-0.3, -0.25) is 4.79 Å². The van der Waals surface area contributed by atoms with E-state index < -0.39 is 9.84 Å². The van der Waals surface area contributed by atoms with E-state index in [1.54, 1.807) is 6.07 Å². The average molecular weight is 465 g/mol. The van der Waals surface area contributed by atoms with Crippen molar-refractivity contribution in [2.75, 3.05) is 37.8 Å². The van der Waals surface area contributed by atoms with Crippen LogP contribution in [0.25, 0.3) is 10.2 Å². The fourth-order valence-corrected chi connectivity index (χ4v) is 5.37. The summed E-state index contributed by atoms with van der Waals surface area (Å²) in [5.41, 5.74) is 2.69. The average Bonchev–Trinajstić information content (AvgIpc) is 3.11. The number of fused-ring (bicyclic) bond motifs is 1. The van der Waals surface area contributed by atoms with Crippen LogP contribution in [0.2, 0.25) is 0 Å². The third-order valence-corrected chi connectivity index (χ3v) is 7.58. The molecule has 9 heteroatoms. The van der Waals surface area contributed by atoms with Crippen molar-refractivity contribution in [2.45, 2.75) is 19.3 Å². The van der Waals surface area contributed by atoms with Crippen LogP contribution in [0.5, 0.6) is 5.75 Å². The third kappa shape index (κ3) is 7.77. The van der Waals surface area contributed by atoms with Crippen LogP contribution < -0.4 is 10.2 Å². The molecule has 7 nitrogen and oxygen atoms in total. The monoisotopic (exact) mass is 464 g/mol. The Morgan fingerprint density at radius 3 is 2.65 bits per heavy atom. The van der Waals surface area contributed by atoms with Gasteiger partial charge in [0.15, 0.2) is 9.84 Å². The second-order valence-corrected chi connectivity index (χ2v) is 10.6. The molecule has 2 aromatic carbocycles. The van der Waals surface area contributed by atoms with E-state index >= 15 is 0 Å². The molecule has 31 heavy (non-hydrogen) atoms. The van der Waals surface area contributed by atoms with Gasteiger partial charge in [-0.05, 0) is 43.0 Å². The number of aromatic hydroxyl groups is 1. The Kier molecular flexibility index (Phi) is 8.65. The van der Waals surface area contributed by atoms with E-state index in [-0.39, 0.29) is 22.1 Å². The topological polar surface area (TPSA) is 108 Å². The number of aromatic nitrogens is 1. The molecule has 0 bridgehead atoms. The van der Waals surface area contributed by atoms with Gasteiger partial charge in [0.05, 0.1) is 28.3 Å². The van der Waals surface area contributed by atoms with Crippen LogP contribution in [-0.2, 0) is 27.4 Å². The van der Waals surface area contributed by atoms with Crippen LogP contribution in [-0.4, -0.2) is 56.3 Å². The van der Waals surface area contributed by atoms with Crippen molar-refractivity contribution in [2.24, 2.45) is 0 Å². The summed E-state index contributed by atoms with van der Waals surface area (Å²) in [6.45, 7) is 1.95. The summed E-state index contributed by atoms with van der Waals surface area (Å²) in [6, 6.07) is 13.2. The van der Waals surface area contributed by atoms with Crippen molar-refractivity contribution in [3.63, 3.8) is 0 Å². The highest BCUT2D eigenvalue weighted by molar-refractivity contribution is 7.91.